The van der Waals surface area contributed by atoms with Gasteiger partial charge < -0.3 is 9.47 Å². The maximum Gasteiger partial charge on any atom is 0.305 e. The Balaban J connectivity index is 0. The van der Waals surface area contributed by atoms with Crippen LogP contribution in [0.25, 0.3) is 0 Å². The number of hydrogen-bond donors (Lipinski definition) is 0. The molecule has 4 nitrogen and oxygen atoms in total. The van der Waals surface area contributed by atoms with Crippen LogP contribution < -0.4 is 0 Å². The maximum atomic E-state index is 10.5. The van der Waals surface area contributed by atoms with Crippen molar-refractivity contribution in [2.24, 2.45) is 0 Å². The van der Waals surface area contributed by atoms with Gasteiger partial charge in [0.2, 0.25) is 0 Å². The third kappa shape index (κ3) is 17.1. The Hall–Kier alpha value is -1.06. The van der Waals surface area contributed by atoms with Crippen molar-refractivity contribution in [1.82, 2.24) is 0 Å². The molecule has 0 aromatic heterocycles. The van der Waals surface area contributed by atoms with Gasteiger partial charge in [-0.3, -0.25) is 9.59 Å². The predicted molar refractivity (Wildman–Crippen MR) is 53.8 cm³/mol. The summed E-state index contributed by atoms with van der Waals surface area (Å²) in [7, 11) is 2.77. The minimum absolute atomic E-state index is 0.0940. The van der Waals surface area contributed by atoms with Crippen LogP contribution in [0.15, 0.2) is 0 Å². The Kier molecular flexibility index (Phi) is 13.1. The fourth-order valence-corrected chi connectivity index (χ4v) is 0.621. The van der Waals surface area contributed by atoms with E-state index in [9.17, 15) is 9.59 Å². The van der Waals surface area contributed by atoms with E-state index in [-0.39, 0.29) is 11.9 Å². The molecule has 0 spiro atoms. The second-order valence-corrected chi connectivity index (χ2v) is 2.73. The zero-order chi connectivity index (χ0) is 11.4. The number of carbonyl (C=O) groups excluding carboxylic acids is 2. The van der Waals surface area contributed by atoms with Gasteiger partial charge >= 0.3 is 11.9 Å². The molecule has 4 heteroatoms. The maximum absolute atomic E-state index is 10.5. The van der Waals surface area contributed by atoms with E-state index in [2.05, 4.69) is 16.4 Å². The zero-order valence-corrected chi connectivity index (χ0v) is 9.46. The summed E-state index contributed by atoms with van der Waals surface area (Å²) in [5, 5.41) is 0. The lowest BCUT2D eigenvalue weighted by molar-refractivity contribution is -0.141. The molecular weight excluding hydrogens is 184 g/mol. The topological polar surface area (TPSA) is 52.6 Å². The van der Waals surface area contributed by atoms with Crippen LogP contribution in [-0.2, 0) is 19.1 Å². The average Bonchev–Trinajstić information content (AvgIpc) is 2.19. The Labute approximate surface area is 85.6 Å². The van der Waals surface area contributed by atoms with Gasteiger partial charge in [-0.05, 0) is 6.42 Å². The smallest absolute Gasteiger partial charge is 0.305 e. The molecule has 0 aliphatic heterocycles. The molecule has 0 atom stereocenters. The van der Waals surface area contributed by atoms with Crippen LogP contribution in [0, 0.1) is 0 Å². The summed E-state index contributed by atoms with van der Waals surface area (Å²) in [6.45, 7) is 3.47. The van der Waals surface area contributed by atoms with Gasteiger partial charge in [0.15, 0.2) is 0 Å². The number of carbonyl (C=O) groups is 2. The standard InChI is InChI=1S/C7H14O2.C3H6O2/c1-3-4-5-6-7(8)9-2;1-3(4)5-2/h3-6H2,1-2H3;1-2H3. The van der Waals surface area contributed by atoms with Crippen LogP contribution >= 0.6 is 0 Å². The van der Waals surface area contributed by atoms with Gasteiger partial charge in [-0.2, -0.15) is 0 Å². The predicted octanol–water partition coefficient (Wildman–Crippen LogP) is 1.92. The van der Waals surface area contributed by atoms with Gasteiger partial charge in [0.25, 0.3) is 0 Å². The van der Waals surface area contributed by atoms with Crippen LogP contribution in [0.3, 0.4) is 0 Å². The number of esters is 2. The quantitative estimate of drug-likeness (QED) is 0.518. The Bertz CT molecular complexity index is 154. The molecular formula is C10H20O4. The molecule has 0 radical (unpaired) electrons. The van der Waals surface area contributed by atoms with Crippen LogP contribution in [0.5, 0.6) is 0 Å². The van der Waals surface area contributed by atoms with Gasteiger partial charge in [-0.15, -0.1) is 0 Å². The van der Waals surface area contributed by atoms with E-state index in [4.69, 9.17) is 0 Å². The van der Waals surface area contributed by atoms with Gasteiger partial charge in [-0.1, -0.05) is 19.8 Å². The molecule has 0 rings (SSSR count). The fraction of sp³-hybridized carbons (Fsp3) is 0.800. The number of ether oxygens (including phenoxy) is 2. The molecule has 0 saturated carbocycles. The van der Waals surface area contributed by atoms with E-state index in [1.54, 1.807) is 0 Å². The van der Waals surface area contributed by atoms with Crippen LogP contribution in [0.4, 0.5) is 0 Å². The van der Waals surface area contributed by atoms with Gasteiger partial charge in [0, 0.05) is 13.3 Å². The van der Waals surface area contributed by atoms with Crippen LogP contribution in [0.1, 0.15) is 39.5 Å². The Morgan fingerprint density at radius 1 is 1.07 bits per heavy atom. The molecule has 0 amide bonds. The van der Waals surface area contributed by atoms with Crippen molar-refractivity contribution in [1.29, 1.82) is 0 Å². The fourth-order valence-electron chi connectivity index (χ4n) is 0.621. The molecule has 84 valence electrons. The molecule has 0 heterocycles. The van der Waals surface area contributed by atoms with Gasteiger partial charge in [0.1, 0.15) is 0 Å². The number of unbranched alkanes of at least 4 members (excludes halogenated alkanes) is 2. The summed E-state index contributed by atoms with van der Waals surface area (Å²) in [5.41, 5.74) is 0. The van der Waals surface area contributed by atoms with E-state index < -0.39 is 0 Å². The summed E-state index contributed by atoms with van der Waals surface area (Å²) in [4.78, 5) is 20.1. The van der Waals surface area contributed by atoms with Crippen LogP contribution in [-0.4, -0.2) is 26.2 Å². The Morgan fingerprint density at radius 2 is 1.57 bits per heavy atom. The monoisotopic (exact) mass is 204 g/mol. The highest BCUT2D eigenvalue weighted by molar-refractivity contribution is 5.68. The first-order valence-electron chi connectivity index (χ1n) is 4.69. The molecule has 0 fully saturated rings. The lowest BCUT2D eigenvalue weighted by atomic mass is 10.2. The van der Waals surface area contributed by atoms with E-state index in [0.717, 1.165) is 19.3 Å². The molecule has 0 aromatic rings. The molecule has 0 unspecified atom stereocenters. The summed E-state index contributed by atoms with van der Waals surface area (Å²) in [6.07, 6.45) is 3.81. The molecule has 0 aromatic carbocycles. The molecule has 0 saturated heterocycles. The van der Waals surface area contributed by atoms with E-state index >= 15 is 0 Å². The zero-order valence-electron chi connectivity index (χ0n) is 9.46. The second kappa shape index (κ2) is 11.9. The summed E-state index contributed by atoms with van der Waals surface area (Å²) in [6, 6.07) is 0. The summed E-state index contributed by atoms with van der Waals surface area (Å²) >= 11 is 0. The first kappa shape index (κ1) is 15.4. The number of hydrogen-bond acceptors (Lipinski definition) is 4. The average molecular weight is 204 g/mol. The number of rotatable bonds is 4. The summed E-state index contributed by atoms with van der Waals surface area (Å²) < 4.78 is 8.57. The normalized spacial score (nSPS) is 8.29. The van der Waals surface area contributed by atoms with Crippen molar-refractivity contribution in [3.63, 3.8) is 0 Å². The molecule has 0 bridgehead atoms. The third-order valence-corrected chi connectivity index (χ3v) is 1.50. The number of methoxy groups -OCH3 is 2. The van der Waals surface area contributed by atoms with Crippen molar-refractivity contribution in [3.8, 4) is 0 Å². The lowest BCUT2D eigenvalue weighted by Gasteiger charge is -1.95. The SMILES string of the molecule is CCCCCC(=O)OC.COC(C)=O. The van der Waals surface area contributed by atoms with E-state index in [0.29, 0.717) is 6.42 Å². The van der Waals surface area contributed by atoms with Crippen molar-refractivity contribution < 1.29 is 19.1 Å². The molecule has 0 aliphatic carbocycles. The van der Waals surface area contributed by atoms with Crippen LogP contribution in [0.2, 0.25) is 0 Å². The van der Waals surface area contributed by atoms with Gasteiger partial charge in [-0.25, -0.2) is 0 Å². The van der Waals surface area contributed by atoms with Crippen molar-refractivity contribution in [2.45, 2.75) is 39.5 Å². The second-order valence-electron chi connectivity index (χ2n) is 2.73. The highest BCUT2D eigenvalue weighted by Crippen LogP contribution is 1.98. The highest BCUT2D eigenvalue weighted by Gasteiger charge is 1.96. The van der Waals surface area contributed by atoms with Crippen molar-refractivity contribution in [3.05, 3.63) is 0 Å². The molecule has 14 heavy (non-hydrogen) atoms. The molecule has 0 N–H and O–H groups in total. The Morgan fingerprint density at radius 3 is 1.86 bits per heavy atom. The van der Waals surface area contributed by atoms with E-state index in [1.807, 2.05) is 0 Å². The highest BCUT2D eigenvalue weighted by atomic mass is 16.5. The van der Waals surface area contributed by atoms with E-state index in [1.165, 1.54) is 21.1 Å². The largest absolute Gasteiger partial charge is 0.469 e. The first-order valence-corrected chi connectivity index (χ1v) is 4.69. The van der Waals surface area contributed by atoms with Gasteiger partial charge in [0.05, 0.1) is 14.2 Å². The lowest BCUT2D eigenvalue weighted by Crippen LogP contribution is -1.98. The van der Waals surface area contributed by atoms with Crippen molar-refractivity contribution >= 4 is 11.9 Å². The van der Waals surface area contributed by atoms with Crippen molar-refractivity contribution in [2.75, 3.05) is 14.2 Å². The minimum Gasteiger partial charge on any atom is -0.469 e. The summed E-state index contributed by atoms with van der Waals surface area (Å²) in [5.74, 6) is -0.339. The third-order valence-electron chi connectivity index (χ3n) is 1.50. The minimum atomic E-state index is -0.245. The molecule has 0 aliphatic rings. The first-order chi connectivity index (χ1) is 6.58.